The minimum Gasteiger partial charge on any atom is -0.481 e. The molecule has 24 heavy (non-hydrogen) atoms. The van der Waals surface area contributed by atoms with Crippen LogP contribution in [0.15, 0.2) is 47.1 Å². The Labute approximate surface area is 140 Å². The fourth-order valence-electron chi connectivity index (χ4n) is 3.28. The third-order valence-electron chi connectivity index (χ3n) is 4.52. The molecule has 5 nitrogen and oxygen atoms in total. The first-order valence-corrected chi connectivity index (χ1v) is 8.29. The fraction of sp³-hybridized carbons (Fsp3) is 0.368. The Morgan fingerprint density at radius 1 is 1.21 bits per heavy atom. The second kappa shape index (κ2) is 7.34. The van der Waals surface area contributed by atoms with Gasteiger partial charge in [0.2, 0.25) is 0 Å². The third kappa shape index (κ3) is 3.67. The van der Waals surface area contributed by atoms with E-state index in [-0.39, 0.29) is 18.2 Å². The molecule has 1 aliphatic rings. The Morgan fingerprint density at radius 3 is 2.75 bits per heavy atom. The van der Waals surface area contributed by atoms with E-state index in [0.29, 0.717) is 25.3 Å². The van der Waals surface area contributed by atoms with Crippen LogP contribution in [0.25, 0.3) is 11.1 Å². The summed E-state index contributed by atoms with van der Waals surface area (Å²) in [7, 11) is 0. The quantitative estimate of drug-likeness (QED) is 0.909. The highest BCUT2D eigenvalue weighted by molar-refractivity contribution is 5.98. The highest BCUT2D eigenvalue weighted by Crippen LogP contribution is 2.28. The number of carboxylic acids is 1. The first-order valence-electron chi connectivity index (χ1n) is 8.29. The van der Waals surface area contributed by atoms with Crippen LogP contribution < -0.4 is 0 Å². The van der Waals surface area contributed by atoms with Gasteiger partial charge < -0.3 is 14.4 Å². The van der Waals surface area contributed by atoms with Crippen molar-refractivity contribution in [3.8, 4) is 11.1 Å². The molecule has 0 aliphatic carbocycles. The summed E-state index contributed by atoms with van der Waals surface area (Å²) in [6.45, 7) is 1.29. The van der Waals surface area contributed by atoms with Crippen LogP contribution in [0.2, 0.25) is 0 Å². The van der Waals surface area contributed by atoms with Gasteiger partial charge in [-0.25, -0.2) is 0 Å². The number of hydrogen-bond donors (Lipinski definition) is 1. The number of carbonyl (C=O) groups is 2. The van der Waals surface area contributed by atoms with Crippen molar-refractivity contribution in [2.45, 2.75) is 25.7 Å². The summed E-state index contributed by atoms with van der Waals surface area (Å²) in [5.74, 6) is -0.288. The first kappa shape index (κ1) is 16.3. The Hall–Kier alpha value is -2.56. The molecule has 3 rings (SSSR count). The fourth-order valence-corrected chi connectivity index (χ4v) is 3.28. The maximum Gasteiger partial charge on any atom is 0.303 e. The molecular formula is C19H21NO4. The lowest BCUT2D eigenvalue weighted by Crippen LogP contribution is -2.40. The molecule has 1 amide bonds. The van der Waals surface area contributed by atoms with Gasteiger partial charge in [-0.2, -0.15) is 0 Å². The molecule has 2 aromatic rings. The van der Waals surface area contributed by atoms with Crippen LogP contribution in [0.5, 0.6) is 0 Å². The summed E-state index contributed by atoms with van der Waals surface area (Å²) in [6, 6.07) is 11.5. The zero-order chi connectivity index (χ0) is 16.9. The molecule has 0 radical (unpaired) electrons. The number of aliphatic carboxylic acids is 1. The number of hydrogen-bond acceptors (Lipinski definition) is 3. The summed E-state index contributed by atoms with van der Waals surface area (Å²) in [4.78, 5) is 25.4. The van der Waals surface area contributed by atoms with E-state index in [0.717, 1.165) is 24.0 Å². The number of carbonyl (C=O) groups excluding carboxylic acids is 1. The van der Waals surface area contributed by atoms with E-state index >= 15 is 0 Å². The number of carboxylic acid groups (broad SMARTS) is 1. The summed E-state index contributed by atoms with van der Waals surface area (Å²) in [6.07, 6.45) is 4.19. The Kier molecular flexibility index (Phi) is 4.99. The first-order chi connectivity index (χ1) is 11.6. The molecule has 1 saturated heterocycles. The molecule has 5 heteroatoms. The van der Waals surface area contributed by atoms with E-state index in [9.17, 15) is 9.59 Å². The van der Waals surface area contributed by atoms with Crippen molar-refractivity contribution in [1.29, 1.82) is 0 Å². The van der Waals surface area contributed by atoms with E-state index in [1.165, 1.54) is 0 Å². The van der Waals surface area contributed by atoms with Gasteiger partial charge in [0.15, 0.2) is 5.76 Å². The van der Waals surface area contributed by atoms with Crippen LogP contribution in [0.1, 0.15) is 36.2 Å². The summed E-state index contributed by atoms with van der Waals surface area (Å²) < 4.78 is 5.48. The minimum atomic E-state index is -0.782. The van der Waals surface area contributed by atoms with Crippen LogP contribution >= 0.6 is 0 Å². The molecule has 2 heterocycles. The molecule has 1 fully saturated rings. The van der Waals surface area contributed by atoms with Crippen LogP contribution in [0.4, 0.5) is 0 Å². The molecular weight excluding hydrogens is 306 g/mol. The Morgan fingerprint density at radius 2 is 2.00 bits per heavy atom. The van der Waals surface area contributed by atoms with E-state index in [4.69, 9.17) is 9.52 Å². The zero-order valence-electron chi connectivity index (χ0n) is 13.5. The largest absolute Gasteiger partial charge is 0.481 e. The maximum atomic E-state index is 12.9. The summed E-state index contributed by atoms with van der Waals surface area (Å²) >= 11 is 0. The summed E-state index contributed by atoms with van der Waals surface area (Å²) in [5.41, 5.74) is 1.75. The van der Waals surface area contributed by atoms with Gasteiger partial charge in [0.25, 0.3) is 5.91 Å². The molecule has 1 aliphatic heterocycles. The SMILES string of the molecule is O=C(O)CCC1CCCN(C(=O)c2occc2-c2ccccc2)C1. The lowest BCUT2D eigenvalue weighted by molar-refractivity contribution is -0.137. The monoisotopic (exact) mass is 327 g/mol. The lowest BCUT2D eigenvalue weighted by Gasteiger charge is -2.32. The highest BCUT2D eigenvalue weighted by Gasteiger charge is 2.28. The van der Waals surface area contributed by atoms with Crippen molar-refractivity contribution in [1.82, 2.24) is 4.90 Å². The number of nitrogens with zero attached hydrogens (tertiary/aromatic N) is 1. The predicted octanol–water partition coefficient (Wildman–Crippen LogP) is 3.66. The number of furan rings is 1. The second-order valence-corrected chi connectivity index (χ2v) is 6.22. The Balaban J connectivity index is 1.73. The third-order valence-corrected chi connectivity index (χ3v) is 4.52. The number of benzene rings is 1. The molecule has 1 atom stereocenters. The topological polar surface area (TPSA) is 70.8 Å². The lowest BCUT2D eigenvalue weighted by atomic mass is 9.93. The zero-order valence-corrected chi connectivity index (χ0v) is 13.5. The molecule has 1 unspecified atom stereocenters. The van der Waals surface area contributed by atoms with Gasteiger partial charge >= 0.3 is 5.97 Å². The van der Waals surface area contributed by atoms with Crippen molar-refractivity contribution >= 4 is 11.9 Å². The average Bonchev–Trinajstić information content (AvgIpc) is 3.10. The van der Waals surface area contributed by atoms with Gasteiger partial charge in [-0.3, -0.25) is 9.59 Å². The van der Waals surface area contributed by atoms with Crippen molar-refractivity contribution in [3.05, 3.63) is 48.4 Å². The predicted molar refractivity (Wildman–Crippen MR) is 89.6 cm³/mol. The normalized spacial score (nSPS) is 17.7. The van der Waals surface area contributed by atoms with Crippen LogP contribution in [-0.4, -0.2) is 35.0 Å². The molecule has 0 bridgehead atoms. The average molecular weight is 327 g/mol. The van der Waals surface area contributed by atoms with Gasteiger partial charge in [-0.15, -0.1) is 0 Å². The maximum absolute atomic E-state index is 12.9. The molecule has 1 N–H and O–H groups in total. The highest BCUT2D eigenvalue weighted by atomic mass is 16.4. The van der Waals surface area contributed by atoms with E-state index in [2.05, 4.69) is 0 Å². The van der Waals surface area contributed by atoms with Crippen molar-refractivity contribution in [2.75, 3.05) is 13.1 Å². The standard InChI is InChI=1S/C19H21NO4/c21-17(22)9-8-14-5-4-11-20(13-14)19(23)18-16(10-12-24-18)15-6-2-1-3-7-15/h1-3,6-7,10,12,14H,4-5,8-9,11,13H2,(H,21,22). The summed E-state index contributed by atoms with van der Waals surface area (Å²) in [5, 5.41) is 8.84. The van der Waals surface area contributed by atoms with E-state index in [1.54, 1.807) is 11.2 Å². The van der Waals surface area contributed by atoms with E-state index < -0.39 is 5.97 Å². The van der Waals surface area contributed by atoms with Gasteiger partial charge in [0, 0.05) is 25.1 Å². The number of piperidine rings is 1. The molecule has 0 spiro atoms. The van der Waals surface area contributed by atoms with Crippen molar-refractivity contribution in [2.24, 2.45) is 5.92 Å². The molecule has 1 aromatic heterocycles. The number of rotatable bonds is 5. The van der Waals surface area contributed by atoms with Gasteiger partial charge in [0.1, 0.15) is 0 Å². The molecule has 1 aromatic carbocycles. The van der Waals surface area contributed by atoms with Crippen LogP contribution in [0, 0.1) is 5.92 Å². The van der Waals surface area contributed by atoms with Crippen molar-refractivity contribution < 1.29 is 19.1 Å². The minimum absolute atomic E-state index is 0.112. The second-order valence-electron chi connectivity index (χ2n) is 6.22. The van der Waals surface area contributed by atoms with Crippen molar-refractivity contribution in [3.63, 3.8) is 0 Å². The number of amides is 1. The van der Waals surface area contributed by atoms with Gasteiger partial charge in [0.05, 0.1) is 6.26 Å². The Bertz CT molecular complexity index is 707. The van der Waals surface area contributed by atoms with E-state index in [1.807, 2.05) is 36.4 Å². The van der Waals surface area contributed by atoms with Crippen LogP contribution in [-0.2, 0) is 4.79 Å². The molecule has 0 saturated carbocycles. The van der Waals surface area contributed by atoms with Gasteiger partial charge in [-0.1, -0.05) is 30.3 Å². The molecule has 126 valence electrons. The van der Waals surface area contributed by atoms with Gasteiger partial charge in [-0.05, 0) is 36.8 Å². The van der Waals surface area contributed by atoms with Crippen LogP contribution in [0.3, 0.4) is 0 Å². The number of likely N-dealkylation sites (tertiary alicyclic amines) is 1. The smallest absolute Gasteiger partial charge is 0.303 e.